The standard InChI is InChI=1S/C23H28N2O3/c1-5-6-13-24-21(27)17-16-12-11-14-9-7-8-10-15(14)25(16)19(18(17)22(24)28)20(26)23(2,3)4/h7-12,16-19H,5-6,13H2,1-4H3/t16-,17-,18+,19-/m0/s1. The van der Waals surface area contributed by atoms with E-state index in [4.69, 9.17) is 0 Å². The zero-order chi connectivity index (χ0) is 20.2. The van der Waals surface area contributed by atoms with E-state index < -0.39 is 23.3 Å². The summed E-state index contributed by atoms with van der Waals surface area (Å²) in [6.07, 6.45) is 5.73. The molecule has 0 saturated carbocycles. The Morgan fingerprint density at radius 2 is 1.75 bits per heavy atom. The fourth-order valence-corrected chi connectivity index (χ4v) is 4.86. The van der Waals surface area contributed by atoms with Crippen molar-refractivity contribution in [2.24, 2.45) is 17.3 Å². The lowest BCUT2D eigenvalue weighted by molar-refractivity contribution is -0.142. The molecule has 5 heteroatoms. The Hall–Kier alpha value is -2.43. The van der Waals surface area contributed by atoms with Crippen LogP contribution in [-0.4, -0.2) is 41.1 Å². The van der Waals surface area contributed by atoms with Crippen LogP contribution in [0.5, 0.6) is 0 Å². The number of Topliss-reactive ketones (excluding diaryl/α,β-unsaturated/α-hetero) is 1. The quantitative estimate of drug-likeness (QED) is 0.752. The maximum absolute atomic E-state index is 13.5. The predicted octanol–water partition coefficient (Wildman–Crippen LogP) is 3.29. The first-order valence-electron chi connectivity index (χ1n) is 10.2. The number of ketones is 1. The topological polar surface area (TPSA) is 57.7 Å². The fourth-order valence-electron chi connectivity index (χ4n) is 4.86. The molecular weight excluding hydrogens is 352 g/mol. The van der Waals surface area contributed by atoms with E-state index in [-0.39, 0.29) is 23.6 Å². The summed E-state index contributed by atoms with van der Waals surface area (Å²) in [7, 11) is 0. The molecular formula is C23H28N2O3. The Balaban J connectivity index is 1.82. The molecule has 0 bridgehead atoms. The number of amides is 2. The molecule has 3 aliphatic rings. The summed E-state index contributed by atoms with van der Waals surface area (Å²) in [4.78, 5) is 43.5. The second-order valence-electron chi connectivity index (χ2n) is 9.11. The van der Waals surface area contributed by atoms with Crippen LogP contribution in [0, 0.1) is 17.3 Å². The van der Waals surface area contributed by atoms with Crippen molar-refractivity contribution in [3.8, 4) is 0 Å². The second-order valence-corrected chi connectivity index (χ2v) is 9.11. The number of hydrogen-bond donors (Lipinski definition) is 0. The molecule has 2 saturated heterocycles. The molecule has 2 amide bonds. The highest BCUT2D eigenvalue weighted by atomic mass is 16.2. The maximum Gasteiger partial charge on any atom is 0.235 e. The Morgan fingerprint density at radius 3 is 2.43 bits per heavy atom. The zero-order valence-electron chi connectivity index (χ0n) is 17.0. The zero-order valence-corrected chi connectivity index (χ0v) is 17.0. The normalized spacial score (nSPS) is 28.4. The van der Waals surface area contributed by atoms with Crippen molar-refractivity contribution >= 4 is 29.4 Å². The van der Waals surface area contributed by atoms with E-state index >= 15 is 0 Å². The maximum atomic E-state index is 13.5. The van der Waals surface area contributed by atoms with Gasteiger partial charge in [0.1, 0.15) is 6.04 Å². The largest absolute Gasteiger partial charge is 0.353 e. The molecule has 148 valence electrons. The molecule has 0 aliphatic carbocycles. The van der Waals surface area contributed by atoms with Gasteiger partial charge in [-0.15, -0.1) is 0 Å². The van der Waals surface area contributed by atoms with Gasteiger partial charge in [0.15, 0.2) is 5.78 Å². The molecule has 3 aliphatic heterocycles. The molecule has 2 fully saturated rings. The summed E-state index contributed by atoms with van der Waals surface area (Å²) < 4.78 is 0. The lowest BCUT2D eigenvalue weighted by atomic mass is 9.79. The first-order chi connectivity index (χ1) is 13.3. The highest BCUT2D eigenvalue weighted by Crippen LogP contribution is 2.49. The highest BCUT2D eigenvalue weighted by molar-refractivity contribution is 6.11. The molecule has 4 rings (SSSR count). The monoisotopic (exact) mass is 380 g/mol. The number of unbranched alkanes of at least 4 members (excludes halogenated alkanes) is 1. The van der Waals surface area contributed by atoms with E-state index in [1.807, 2.05) is 69.0 Å². The Bertz CT molecular complexity index is 867. The number of nitrogens with zero attached hydrogens (tertiary/aromatic N) is 2. The number of carbonyl (C=O) groups excluding carboxylic acids is 3. The molecule has 0 unspecified atom stereocenters. The van der Waals surface area contributed by atoms with Gasteiger partial charge in [0.05, 0.1) is 17.9 Å². The molecule has 0 spiro atoms. The van der Waals surface area contributed by atoms with Crippen LogP contribution < -0.4 is 4.90 Å². The van der Waals surface area contributed by atoms with Gasteiger partial charge in [-0.2, -0.15) is 0 Å². The van der Waals surface area contributed by atoms with Crippen LogP contribution in [0.2, 0.25) is 0 Å². The van der Waals surface area contributed by atoms with E-state index in [9.17, 15) is 14.4 Å². The van der Waals surface area contributed by atoms with Crippen molar-refractivity contribution in [2.45, 2.75) is 52.6 Å². The molecule has 0 aromatic heterocycles. The molecule has 1 aromatic rings. The number of hydrogen-bond acceptors (Lipinski definition) is 4. The van der Waals surface area contributed by atoms with E-state index in [1.165, 1.54) is 4.90 Å². The number of para-hydroxylation sites is 1. The number of benzene rings is 1. The van der Waals surface area contributed by atoms with E-state index in [0.717, 1.165) is 24.1 Å². The fraction of sp³-hybridized carbons (Fsp3) is 0.522. The van der Waals surface area contributed by atoms with Gasteiger partial charge in [0.25, 0.3) is 0 Å². The molecule has 0 radical (unpaired) electrons. The number of likely N-dealkylation sites (tertiary alicyclic amines) is 1. The summed E-state index contributed by atoms with van der Waals surface area (Å²) in [5.74, 6) is -1.35. The lowest BCUT2D eigenvalue weighted by Gasteiger charge is -2.38. The lowest BCUT2D eigenvalue weighted by Crippen LogP contribution is -2.51. The van der Waals surface area contributed by atoms with Crippen molar-refractivity contribution in [1.82, 2.24) is 4.90 Å². The Morgan fingerprint density at radius 1 is 1.07 bits per heavy atom. The third-order valence-electron chi connectivity index (χ3n) is 6.25. The van der Waals surface area contributed by atoms with Crippen LogP contribution in [0.25, 0.3) is 6.08 Å². The predicted molar refractivity (Wildman–Crippen MR) is 109 cm³/mol. The minimum atomic E-state index is -0.607. The molecule has 1 aromatic carbocycles. The van der Waals surface area contributed by atoms with Gasteiger partial charge >= 0.3 is 0 Å². The second kappa shape index (κ2) is 6.57. The van der Waals surface area contributed by atoms with Crippen LogP contribution in [-0.2, 0) is 14.4 Å². The molecule has 3 heterocycles. The van der Waals surface area contributed by atoms with Gasteiger partial charge in [-0.25, -0.2) is 0 Å². The minimum absolute atomic E-state index is 0.0218. The van der Waals surface area contributed by atoms with Crippen LogP contribution in [0.3, 0.4) is 0 Å². The first-order valence-corrected chi connectivity index (χ1v) is 10.2. The highest BCUT2D eigenvalue weighted by Gasteiger charge is 2.64. The molecule has 4 atom stereocenters. The van der Waals surface area contributed by atoms with Gasteiger partial charge in [-0.05, 0) is 18.1 Å². The van der Waals surface area contributed by atoms with Crippen LogP contribution in [0.1, 0.15) is 46.1 Å². The molecule has 5 nitrogen and oxygen atoms in total. The third-order valence-corrected chi connectivity index (χ3v) is 6.25. The summed E-state index contributed by atoms with van der Waals surface area (Å²) in [5, 5.41) is 0. The average Bonchev–Trinajstić information content (AvgIpc) is 3.12. The van der Waals surface area contributed by atoms with Gasteiger partial charge < -0.3 is 4.90 Å². The van der Waals surface area contributed by atoms with Gasteiger partial charge in [-0.1, -0.05) is 64.5 Å². The van der Waals surface area contributed by atoms with Crippen LogP contribution >= 0.6 is 0 Å². The number of anilines is 1. The smallest absolute Gasteiger partial charge is 0.235 e. The average molecular weight is 380 g/mol. The SMILES string of the molecule is CCCCN1C(=O)[C@@H]2[C@@H](C1=O)[C@@H]1C=Cc3ccccc3N1[C@@H]2C(=O)C(C)(C)C. The van der Waals surface area contributed by atoms with Crippen molar-refractivity contribution in [3.63, 3.8) is 0 Å². The number of carbonyl (C=O) groups is 3. The summed E-state index contributed by atoms with van der Waals surface area (Å²) >= 11 is 0. The van der Waals surface area contributed by atoms with Crippen molar-refractivity contribution in [3.05, 3.63) is 35.9 Å². The third kappa shape index (κ3) is 2.63. The molecule has 28 heavy (non-hydrogen) atoms. The van der Waals surface area contributed by atoms with Crippen molar-refractivity contribution in [1.29, 1.82) is 0 Å². The molecule has 0 N–H and O–H groups in total. The Labute approximate surface area is 166 Å². The van der Waals surface area contributed by atoms with E-state index in [0.29, 0.717) is 6.54 Å². The number of fused-ring (bicyclic) bond motifs is 5. The number of rotatable bonds is 4. The summed E-state index contributed by atoms with van der Waals surface area (Å²) in [5.41, 5.74) is 1.36. The Kier molecular flexibility index (Phi) is 4.44. The first kappa shape index (κ1) is 18.9. The van der Waals surface area contributed by atoms with Crippen molar-refractivity contribution < 1.29 is 14.4 Å². The van der Waals surface area contributed by atoms with E-state index in [2.05, 4.69) is 0 Å². The summed E-state index contributed by atoms with van der Waals surface area (Å²) in [6.45, 7) is 8.16. The summed E-state index contributed by atoms with van der Waals surface area (Å²) in [6, 6.07) is 7.04. The van der Waals surface area contributed by atoms with Gasteiger partial charge in [0.2, 0.25) is 11.8 Å². The van der Waals surface area contributed by atoms with Crippen LogP contribution in [0.15, 0.2) is 30.3 Å². The van der Waals surface area contributed by atoms with E-state index in [1.54, 1.807) is 0 Å². The van der Waals surface area contributed by atoms with Crippen molar-refractivity contribution in [2.75, 3.05) is 11.4 Å². The van der Waals surface area contributed by atoms with Crippen LogP contribution in [0.4, 0.5) is 5.69 Å². The minimum Gasteiger partial charge on any atom is -0.353 e. The number of imide groups is 1. The van der Waals surface area contributed by atoms with Gasteiger partial charge in [-0.3, -0.25) is 19.3 Å². The van der Waals surface area contributed by atoms with Gasteiger partial charge in [0, 0.05) is 17.6 Å².